The molecular formula is C14H25NO3. The highest BCUT2D eigenvalue weighted by Crippen LogP contribution is 2.08. The maximum absolute atomic E-state index is 11.3. The first-order valence-electron chi connectivity index (χ1n) is 6.65. The van der Waals surface area contributed by atoms with E-state index in [2.05, 4.69) is 16.6 Å². The monoisotopic (exact) mass is 255 g/mol. The molecule has 0 heterocycles. The molecule has 0 spiro atoms. The molecule has 4 heteroatoms. The summed E-state index contributed by atoms with van der Waals surface area (Å²) in [6.07, 6.45) is 10.3. The second-order valence-electron chi connectivity index (χ2n) is 4.30. The third kappa shape index (κ3) is 11.2. The Bertz CT molecular complexity index is 251. The third-order valence-corrected chi connectivity index (χ3v) is 2.72. The maximum Gasteiger partial charge on any atom is 0.325 e. The van der Waals surface area contributed by atoms with Gasteiger partial charge in [-0.3, -0.25) is 9.59 Å². The predicted molar refractivity (Wildman–Crippen MR) is 72.2 cm³/mol. The van der Waals surface area contributed by atoms with Crippen molar-refractivity contribution in [2.24, 2.45) is 0 Å². The molecule has 4 nitrogen and oxygen atoms in total. The molecule has 0 aliphatic rings. The highest BCUT2D eigenvalue weighted by molar-refractivity contribution is 5.81. The van der Waals surface area contributed by atoms with Gasteiger partial charge in [0.1, 0.15) is 6.54 Å². The highest BCUT2D eigenvalue weighted by atomic mass is 16.5. The SMILES string of the molecule is C=CCCCCCCCCC(=O)NCC(=O)OC. The Labute approximate surface area is 110 Å². The molecule has 0 rings (SSSR count). The van der Waals surface area contributed by atoms with Crippen molar-refractivity contribution in [3.05, 3.63) is 12.7 Å². The van der Waals surface area contributed by atoms with Gasteiger partial charge in [0.15, 0.2) is 0 Å². The topological polar surface area (TPSA) is 55.4 Å². The number of rotatable bonds is 11. The van der Waals surface area contributed by atoms with Crippen molar-refractivity contribution in [1.82, 2.24) is 5.32 Å². The number of ether oxygens (including phenoxy) is 1. The van der Waals surface area contributed by atoms with Gasteiger partial charge >= 0.3 is 5.97 Å². The van der Waals surface area contributed by atoms with E-state index >= 15 is 0 Å². The number of nitrogens with one attached hydrogen (secondary N) is 1. The summed E-state index contributed by atoms with van der Waals surface area (Å²) in [6.45, 7) is 3.66. The molecule has 0 saturated heterocycles. The summed E-state index contributed by atoms with van der Waals surface area (Å²) in [5.74, 6) is -0.488. The summed E-state index contributed by atoms with van der Waals surface area (Å²) in [4.78, 5) is 22.1. The lowest BCUT2D eigenvalue weighted by Gasteiger charge is -2.04. The van der Waals surface area contributed by atoms with Crippen LogP contribution in [0.3, 0.4) is 0 Å². The first-order valence-corrected chi connectivity index (χ1v) is 6.65. The Balaban J connectivity index is 3.25. The number of hydrogen-bond donors (Lipinski definition) is 1. The number of amides is 1. The second-order valence-corrected chi connectivity index (χ2v) is 4.30. The quantitative estimate of drug-likeness (QED) is 0.351. The van der Waals surface area contributed by atoms with Crippen LogP contribution in [0.4, 0.5) is 0 Å². The standard InChI is InChI=1S/C14H25NO3/c1-3-4-5-6-7-8-9-10-11-13(16)15-12-14(17)18-2/h3H,1,4-12H2,2H3,(H,15,16). The minimum atomic E-state index is -0.412. The van der Waals surface area contributed by atoms with Gasteiger partial charge in [0, 0.05) is 6.42 Å². The zero-order valence-electron chi connectivity index (χ0n) is 11.4. The van der Waals surface area contributed by atoms with Gasteiger partial charge in [-0.25, -0.2) is 0 Å². The molecule has 1 amide bonds. The van der Waals surface area contributed by atoms with Crippen LogP contribution in [-0.4, -0.2) is 25.5 Å². The number of unbranched alkanes of at least 4 members (excludes halogenated alkanes) is 6. The van der Waals surface area contributed by atoms with E-state index in [-0.39, 0.29) is 12.5 Å². The number of esters is 1. The van der Waals surface area contributed by atoms with E-state index in [0.717, 1.165) is 19.3 Å². The lowest BCUT2D eigenvalue weighted by atomic mass is 10.1. The van der Waals surface area contributed by atoms with Crippen LogP contribution < -0.4 is 5.32 Å². The van der Waals surface area contributed by atoms with Crippen molar-refractivity contribution in [2.75, 3.05) is 13.7 Å². The summed E-state index contributed by atoms with van der Waals surface area (Å²) < 4.78 is 4.43. The van der Waals surface area contributed by atoms with E-state index < -0.39 is 5.97 Å². The van der Waals surface area contributed by atoms with Gasteiger partial charge in [0.2, 0.25) is 5.91 Å². The number of carbonyl (C=O) groups is 2. The van der Waals surface area contributed by atoms with Crippen molar-refractivity contribution in [1.29, 1.82) is 0 Å². The summed E-state index contributed by atoms with van der Waals surface area (Å²) in [5.41, 5.74) is 0. The van der Waals surface area contributed by atoms with Crippen LogP contribution in [-0.2, 0) is 14.3 Å². The molecule has 0 aromatic heterocycles. The molecule has 18 heavy (non-hydrogen) atoms. The van der Waals surface area contributed by atoms with E-state index in [9.17, 15) is 9.59 Å². The molecule has 0 aliphatic heterocycles. The van der Waals surface area contributed by atoms with E-state index in [1.54, 1.807) is 0 Å². The molecule has 0 radical (unpaired) electrons. The molecule has 0 unspecified atom stereocenters. The molecular weight excluding hydrogens is 230 g/mol. The normalized spacial score (nSPS) is 9.83. The molecule has 0 atom stereocenters. The first kappa shape index (κ1) is 16.7. The van der Waals surface area contributed by atoms with Crippen LogP contribution in [0.2, 0.25) is 0 Å². The Morgan fingerprint density at radius 1 is 1.11 bits per heavy atom. The fourth-order valence-electron chi connectivity index (χ4n) is 1.61. The highest BCUT2D eigenvalue weighted by Gasteiger charge is 2.04. The van der Waals surface area contributed by atoms with Gasteiger partial charge in [-0.2, -0.15) is 0 Å². The van der Waals surface area contributed by atoms with Gasteiger partial charge < -0.3 is 10.1 Å². The number of allylic oxidation sites excluding steroid dienone is 1. The average Bonchev–Trinajstić information content (AvgIpc) is 2.39. The molecule has 0 aromatic carbocycles. The van der Waals surface area contributed by atoms with E-state index in [1.165, 1.54) is 32.8 Å². The van der Waals surface area contributed by atoms with Crippen LogP contribution in [0, 0.1) is 0 Å². The molecule has 104 valence electrons. The average molecular weight is 255 g/mol. The Kier molecular flexibility index (Phi) is 11.3. The molecule has 0 bridgehead atoms. The first-order chi connectivity index (χ1) is 8.70. The van der Waals surface area contributed by atoms with Gasteiger partial charge in [-0.1, -0.05) is 31.8 Å². The Morgan fingerprint density at radius 2 is 1.72 bits per heavy atom. The summed E-state index contributed by atoms with van der Waals surface area (Å²) in [5, 5.41) is 2.53. The van der Waals surface area contributed by atoms with Crippen molar-refractivity contribution < 1.29 is 14.3 Å². The zero-order valence-corrected chi connectivity index (χ0v) is 11.4. The number of hydrogen-bond acceptors (Lipinski definition) is 3. The smallest absolute Gasteiger partial charge is 0.325 e. The minimum absolute atomic E-state index is 0.0309. The van der Waals surface area contributed by atoms with Gasteiger partial charge in [0.05, 0.1) is 7.11 Å². The summed E-state index contributed by atoms with van der Waals surface area (Å²) >= 11 is 0. The Hall–Kier alpha value is -1.32. The fourth-order valence-corrected chi connectivity index (χ4v) is 1.61. The lowest BCUT2D eigenvalue weighted by Crippen LogP contribution is -2.29. The number of methoxy groups -OCH3 is 1. The molecule has 0 fully saturated rings. The van der Waals surface area contributed by atoms with Gasteiger partial charge in [0.25, 0.3) is 0 Å². The summed E-state index contributed by atoms with van der Waals surface area (Å²) in [6, 6.07) is 0. The van der Waals surface area contributed by atoms with Crippen LogP contribution >= 0.6 is 0 Å². The minimum Gasteiger partial charge on any atom is -0.468 e. The van der Waals surface area contributed by atoms with Crippen molar-refractivity contribution in [2.45, 2.75) is 51.4 Å². The second kappa shape index (κ2) is 12.1. The lowest BCUT2D eigenvalue weighted by molar-refractivity contribution is -0.141. The third-order valence-electron chi connectivity index (χ3n) is 2.72. The van der Waals surface area contributed by atoms with Gasteiger partial charge in [-0.15, -0.1) is 6.58 Å². The maximum atomic E-state index is 11.3. The number of carbonyl (C=O) groups excluding carboxylic acids is 2. The van der Waals surface area contributed by atoms with Crippen LogP contribution in [0.25, 0.3) is 0 Å². The molecule has 0 aromatic rings. The van der Waals surface area contributed by atoms with Crippen molar-refractivity contribution >= 4 is 11.9 Å². The van der Waals surface area contributed by atoms with E-state index in [4.69, 9.17) is 0 Å². The fraction of sp³-hybridized carbons (Fsp3) is 0.714. The van der Waals surface area contributed by atoms with Crippen LogP contribution in [0.1, 0.15) is 51.4 Å². The zero-order chi connectivity index (χ0) is 13.6. The van der Waals surface area contributed by atoms with Crippen molar-refractivity contribution in [3.8, 4) is 0 Å². The van der Waals surface area contributed by atoms with E-state index in [1.807, 2.05) is 6.08 Å². The molecule has 0 aliphatic carbocycles. The van der Waals surface area contributed by atoms with Crippen LogP contribution in [0.5, 0.6) is 0 Å². The van der Waals surface area contributed by atoms with E-state index in [0.29, 0.717) is 6.42 Å². The van der Waals surface area contributed by atoms with Gasteiger partial charge in [-0.05, 0) is 19.3 Å². The molecule has 1 N–H and O–H groups in total. The summed E-state index contributed by atoms with van der Waals surface area (Å²) in [7, 11) is 1.31. The van der Waals surface area contributed by atoms with Crippen LogP contribution in [0.15, 0.2) is 12.7 Å². The predicted octanol–water partition coefficient (Wildman–Crippen LogP) is 2.58. The van der Waals surface area contributed by atoms with Crippen molar-refractivity contribution in [3.63, 3.8) is 0 Å². The largest absolute Gasteiger partial charge is 0.468 e. The Morgan fingerprint density at radius 3 is 2.33 bits per heavy atom. The molecule has 0 saturated carbocycles.